The van der Waals surface area contributed by atoms with Crippen molar-refractivity contribution >= 4 is 38.8 Å². The van der Waals surface area contributed by atoms with E-state index < -0.39 is 0 Å². The smallest absolute Gasteiger partial charge is 0.293 e. The molecule has 0 radical (unpaired) electrons. The van der Waals surface area contributed by atoms with Crippen LogP contribution in [0.3, 0.4) is 0 Å². The second kappa shape index (κ2) is 9.41. The van der Waals surface area contributed by atoms with Crippen LogP contribution in [0.1, 0.15) is 33.6 Å². The van der Waals surface area contributed by atoms with Crippen LogP contribution in [-0.4, -0.2) is 58.4 Å². The van der Waals surface area contributed by atoms with Crippen LogP contribution >= 0.6 is 15.9 Å². The van der Waals surface area contributed by atoms with Gasteiger partial charge in [-0.3, -0.25) is 9.69 Å². The molecular weight excluding hydrogens is 472 g/mol. The highest BCUT2D eigenvalue weighted by atomic mass is 79.9. The second-order valence-corrected chi connectivity index (χ2v) is 9.96. The number of ether oxygens (including phenoxy) is 1. The van der Waals surface area contributed by atoms with Crippen molar-refractivity contribution in [3.8, 4) is 0 Å². The third-order valence-corrected chi connectivity index (χ3v) is 6.87. The minimum atomic E-state index is -0.197. The molecule has 174 valence electrons. The number of nitrogens with one attached hydrogen (secondary N) is 1. The number of rotatable bonds is 4. The van der Waals surface area contributed by atoms with Gasteiger partial charge >= 0.3 is 0 Å². The number of anilines is 4. The van der Waals surface area contributed by atoms with Crippen molar-refractivity contribution in [3.05, 3.63) is 39.4 Å². The summed E-state index contributed by atoms with van der Waals surface area (Å²) in [5.74, 6) is 0.260. The number of hydrogen-bond acceptors (Lipinski definition) is 7. The monoisotopic (exact) mass is 504 g/mol. The van der Waals surface area contributed by atoms with Crippen LogP contribution in [0.5, 0.6) is 0 Å². The summed E-state index contributed by atoms with van der Waals surface area (Å²) in [7, 11) is 1.69. The Morgan fingerprint density at radius 2 is 1.91 bits per heavy atom. The Labute approximate surface area is 197 Å². The summed E-state index contributed by atoms with van der Waals surface area (Å²) in [6.45, 7) is 9.59. The lowest BCUT2D eigenvalue weighted by molar-refractivity contribution is -0.0673. The molecule has 0 spiro atoms. The summed E-state index contributed by atoms with van der Waals surface area (Å²) in [5.41, 5.74) is 8.72. The van der Waals surface area contributed by atoms with E-state index >= 15 is 0 Å². The van der Waals surface area contributed by atoms with Crippen molar-refractivity contribution in [3.63, 3.8) is 0 Å². The fraction of sp³-hybridized carbons (Fsp3) is 0.565. The van der Waals surface area contributed by atoms with Crippen LogP contribution in [-0.2, 0) is 11.8 Å². The summed E-state index contributed by atoms with van der Waals surface area (Å²) in [6.07, 6.45) is 4.48. The van der Waals surface area contributed by atoms with E-state index in [9.17, 15) is 4.79 Å². The number of nitrogens with two attached hydrogens (primary N) is 1. The van der Waals surface area contributed by atoms with Gasteiger partial charge in [-0.1, -0.05) is 0 Å². The number of benzene rings is 1. The van der Waals surface area contributed by atoms with Crippen molar-refractivity contribution in [2.24, 2.45) is 7.05 Å². The van der Waals surface area contributed by atoms with E-state index in [1.807, 2.05) is 18.2 Å². The van der Waals surface area contributed by atoms with Crippen molar-refractivity contribution in [2.75, 3.05) is 35.6 Å². The molecule has 0 bridgehead atoms. The first kappa shape index (κ1) is 23.1. The maximum absolute atomic E-state index is 12.3. The van der Waals surface area contributed by atoms with Gasteiger partial charge in [-0.05, 0) is 67.7 Å². The fourth-order valence-corrected chi connectivity index (χ4v) is 5.51. The number of aryl methyl sites for hydroxylation is 1. The number of halogens is 1. The fourth-order valence-electron chi connectivity index (χ4n) is 5.02. The van der Waals surface area contributed by atoms with Gasteiger partial charge in [0.05, 0.1) is 23.6 Å². The highest BCUT2D eigenvalue weighted by Gasteiger charge is 2.33. The maximum Gasteiger partial charge on any atom is 0.293 e. The van der Waals surface area contributed by atoms with Crippen LogP contribution in [0, 0.1) is 0 Å². The number of hydrogen-bond donors (Lipinski definition) is 2. The average molecular weight is 505 g/mol. The molecule has 1 aromatic carbocycles. The lowest BCUT2D eigenvalue weighted by Crippen LogP contribution is -2.57. The van der Waals surface area contributed by atoms with Crippen LogP contribution in [0.25, 0.3) is 0 Å². The molecule has 3 N–H and O–H groups in total. The highest BCUT2D eigenvalue weighted by Crippen LogP contribution is 2.32. The van der Waals surface area contributed by atoms with Crippen LogP contribution in [0.15, 0.2) is 33.8 Å². The molecule has 32 heavy (non-hydrogen) atoms. The number of piperazine rings is 1. The molecule has 2 aliphatic heterocycles. The summed E-state index contributed by atoms with van der Waals surface area (Å²) in [4.78, 5) is 21.6. The summed E-state index contributed by atoms with van der Waals surface area (Å²) >= 11 is 3.33. The van der Waals surface area contributed by atoms with Gasteiger partial charge in [0.2, 0.25) is 0 Å². The Morgan fingerprint density at radius 1 is 1.19 bits per heavy atom. The first-order valence-corrected chi connectivity index (χ1v) is 12.1. The summed E-state index contributed by atoms with van der Waals surface area (Å²) < 4.78 is 8.00. The maximum atomic E-state index is 12.3. The van der Waals surface area contributed by atoms with Gasteiger partial charge in [0.15, 0.2) is 5.82 Å². The minimum absolute atomic E-state index is 0.197. The largest absolute Gasteiger partial charge is 0.397 e. The third kappa shape index (κ3) is 4.94. The van der Waals surface area contributed by atoms with E-state index in [4.69, 9.17) is 10.5 Å². The Bertz CT molecular complexity index is 1020. The first-order chi connectivity index (χ1) is 15.2. The topological polar surface area (TPSA) is 88.7 Å². The van der Waals surface area contributed by atoms with Gasteiger partial charge in [-0.2, -0.15) is 0 Å². The molecule has 0 amide bonds. The van der Waals surface area contributed by atoms with Crippen LogP contribution in [0.2, 0.25) is 0 Å². The number of nitrogens with zero attached hydrogens (tertiary/aromatic N) is 4. The molecule has 2 aromatic rings. The molecule has 1 aromatic heterocycles. The molecule has 0 saturated carbocycles. The summed E-state index contributed by atoms with van der Waals surface area (Å²) in [5, 5.41) is 3.10. The molecule has 3 atom stereocenters. The van der Waals surface area contributed by atoms with Gasteiger partial charge in [0.1, 0.15) is 4.60 Å². The van der Waals surface area contributed by atoms with E-state index in [1.54, 1.807) is 13.2 Å². The Balaban J connectivity index is 1.45. The normalized spacial score (nSPS) is 26.8. The third-order valence-electron chi connectivity index (χ3n) is 6.49. The molecule has 2 aliphatic rings. The Morgan fingerprint density at radius 3 is 2.56 bits per heavy atom. The van der Waals surface area contributed by atoms with Gasteiger partial charge in [0.25, 0.3) is 5.56 Å². The van der Waals surface area contributed by atoms with Gasteiger partial charge in [-0.15, -0.1) is 0 Å². The lowest BCUT2D eigenvalue weighted by atomic mass is 9.96. The number of nitrogen functional groups attached to an aromatic ring is 1. The molecule has 2 saturated heterocycles. The molecule has 8 nitrogen and oxygen atoms in total. The molecule has 0 aliphatic carbocycles. The van der Waals surface area contributed by atoms with E-state index in [-0.39, 0.29) is 11.4 Å². The average Bonchev–Trinajstić information content (AvgIpc) is 2.71. The van der Waals surface area contributed by atoms with Crippen LogP contribution < -0.4 is 21.5 Å². The van der Waals surface area contributed by atoms with Gasteiger partial charge in [0, 0.05) is 50.6 Å². The quantitative estimate of drug-likeness (QED) is 0.617. The standard InChI is InChI=1S/C23H33BrN6O2/c1-14-12-29(18-9-15(2)32-16(3)10-18)7-8-30(14)20-6-5-17(11-19(20)25)26-22-23(31)28(4)13-21(24)27-22/h5-6,11,13-16,18H,7-10,12,25H2,1-4H3,(H,26,27). The predicted octanol–water partition coefficient (Wildman–Crippen LogP) is 3.34. The van der Waals surface area contributed by atoms with E-state index in [0.29, 0.717) is 34.6 Å². The SMILES string of the molecule is CC1CC(N2CCN(c3ccc(Nc4nc(Br)cn(C)c4=O)cc3N)C(C)C2)CC(C)O1. The molecule has 3 heterocycles. The minimum Gasteiger partial charge on any atom is -0.397 e. The van der Waals surface area contributed by atoms with E-state index in [0.717, 1.165) is 43.9 Å². The van der Waals surface area contributed by atoms with Gasteiger partial charge < -0.3 is 25.3 Å². The Hall–Kier alpha value is -2.10. The molecule has 2 fully saturated rings. The van der Waals surface area contributed by atoms with Crippen molar-refractivity contribution < 1.29 is 4.74 Å². The highest BCUT2D eigenvalue weighted by molar-refractivity contribution is 9.10. The zero-order chi connectivity index (χ0) is 23.0. The molecule has 4 rings (SSSR count). The van der Waals surface area contributed by atoms with Crippen molar-refractivity contribution in [2.45, 2.75) is 57.9 Å². The molecule has 3 unspecified atom stereocenters. The van der Waals surface area contributed by atoms with Crippen molar-refractivity contribution in [1.82, 2.24) is 14.5 Å². The summed E-state index contributed by atoms with van der Waals surface area (Å²) in [6, 6.07) is 6.80. The molecule has 9 heteroatoms. The number of aromatic nitrogens is 2. The van der Waals surface area contributed by atoms with Crippen LogP contribution in [0.4, 0.5) is 22.9 Å². The van der Waals surface area contributed by atoms with E-state index in [1.165, 1.54) is 4.57 Å². The lowest BCUT2D eigenvalue weighted by Gasteiger charge is -2.47. The zero-order valence-electron chi connectivity index (χ0n) is 19.2. The van der Waals surface area contributed by atoms with E-state index in [2.05, 4.69) is 56.8 Å². The van der Waals surface area contributed by atoms with Crippen molar-refractivity contribution in [1.29, 1.82) is 0 Å². The molecular formula is C23H33BrN6O2. The first-order valence-electron chi connectivity index (χ1n) is 11.3. The second-order valence-electron chi connectivity index (χ2n) is 9.15. The zero-order valence-corrected chi connectivity index (χ0v) is 20.8. The van der Waals surface area contributed by atoms with Gasteiger partial charge in [-0.25, -0.2) is 4.98 Å². The predicted molar refractivity (Wildman–Crippen MR) is 133 cm³/mol. The Kier molecular flexibility index (Phi) is 6.78.